The first-order valence-electron chi connectivity index (χ1n) is 13.7. The second-order valence-corrected chi connectivity index (χ2v) is 11.4. The molecule has 0 spiro atoms. The van der Waals surface area contributed by atoms with Crippen LogP contribution in [0, 0.1) is 0 Å². The molecule has 1 aliphatic rings. The molecule has 0 N–H and O–H groups in total. The van der Waals surface area contributed by atoms with Crippen molar-refractivity contribution in [2.45, 2.75) is 13.0 Å². The molecule has 2 heterocycles. The number of halogens is 1. The molecule has 0 saturated carbocycles. The van der Waals surface area contributed by atoms with E-state index in [4.69, 9.17) is 0 Å². The Morgan fingerprint density at radius 3 is 2.45 bits per heavy atom. The van der Waals surface area contributed by atoms with Gasteiger partial charge in [0, 0.05) is 68.4 Å². The smallest absolute Gasteiger partial charge is 0.256 e. The minimum atomic E-state index is 0.0887. The number of benzene rings is 3. The standard InChI is InChI=1S/C33H36BrN5O/c1-35-21-28(37(3)16-15-25-11-13-27(34)14-12-25)22-38-23-31(30-10-6-8-26-7-4-5-9-29(26)30)32(24-38)33(40)39-19-17-36(2)18-20-39/h4-14,21,23-24H,1,15-20,22H2,2-3H3/b28-21-. The van der Waals surface area contributed by atoms with Crippen LogP contribution in [0.2, 0.25) is 0 Å². The molecule has 5 rings (SSSR count). The van der Waals surface area contributed by atoms with Crippen LogP contribution in [0.1, 0.15) is 15.9 Å². The first-order valence-corrected chi connectivity index (χ1v) is 14.5. The monoisotopic (exact) mass is 597 g/mol. The Morgan fingerprint density at radius 1 is 0.975 bits per heavy atom. The highest BCUT2D eigenvalue weighted by molar-refractivity contribution is 9.10. The second kappa shape index (κ2) is 12.7. The summed E-state index contributed by atoms with van der Waals surface area (Å²) in [6.07, 6.45) is 6.86. The minimum Gasteiger partial charge on any atom is -0.375 e. The summed E-state index contributed by atoms with van der Waals surface area (Å²) in [4.78, 5) is 24.5. The summed E-state index contributed by atoms with van der Waals surface area (Å²) >= 11 is 3.51. The van der Waals surface area contributed by atoms with Crippen LogP contribution in [0.3, 0.4) is 0 Å². The lowest BCUT2D eigenvalue weighted by Crippen LogP contribution is -2.47. The fraction of sp³-hybridized carbons (Fsp3) is 0.273. The second-order valence-electron chi connectivity index (χ2n) is 10.5. The van der Waals surface area contributed by atoms with Crippen molar-refractivity contribution in [3.05, 3.63) is 107 Å². The van der Waals surface area contributed by atoms with E-state index in [1.165, 1.54) is 5.56 Å². The Labute approximate surface area is 245 Å². The number of rotatable bonds is 9. The van der Waals surface area contributed by atoms with Crippen LogP contribution in [-0.4, -0.2) is 78.7 Å². The molecule has 40 heavy (non-hydrogen) atoms. The molecule has 0 aliphatic carbocycles. The van der Waals surface area contributed by atoms with E-state index in [1.54, 1.807) is 0 Å². The fourth-order valence-corrected chi connectivity index (χ4v) is 5.53. The average molecular weight is 599 g/mol. The van der Waals surface area contributed by atoms with Gasteiger partial charge in [0.2, 0.25) is 0 Å². The summed E-state index contributed by atoms with van der Waals surface area (Å²) < 4.78 is 3.20. The van der Waals surface area contributed by atoms with Crippen molar-refractivity contribution in [3.63, 3.8) is 0 Å². The summed E-state index contributed by atoms with van der Waals surface area (Å²) in [5.41, 5.74) is 5.09. The number of fused-ring (bicyclic) bond motifs is 1. The van der Waals surface area contributed by atoms with Gasteiger partial charge in [-0.15, -0.1) is 0 Å². The molecule has 1 aliphatic heterocycles. The minimum absolute atomic E-state index is 0.0887. The normalized spacial score (nSPS) is 14.5. The van der Waals surface area contributed by atoms with Crippen molar-refractivity contribution in [2.75, 3.05) is 46.8 Å². The van der Waals surface area contributed by atoms with E-state index in [0.29, 0.717) is 6.54 Å². The summed E-state index contributed by atoms with van der Waals surface area (Å²) in [6.45, 7) is 8.39. The van der Waals surface area contributed by atoms with Crippen molar-refractivity contribution in [1.82, 2.24) is 19.3 Å². The number of piperazine rings is 1. The number of aliphatic imine (C=N–C) groups is 1. The third-order valence-corrected chi connectivity index (χ3v) is 8.23. The highest BCUT2D eigenvalue weighted by Crippen LogP contribution is 2.33. The van der Waals surface area contributed by atoms with Gasteiger partial charge in [-0.1, -0.05) is 70.5 Å². The first kappa shape index (κ1) is 27.9. The molecule has 1 amide bonds. The van der Waals surface area contributed by atoms with Gasteiger partial charge in [-0.25, -0.2) is 0 Å². The van der Waals surface area contributed by atoms with Crippen LogP contribution in [0.5, 0.6) is 0 Å². The zero-order valence-electron chi connectivity index (χ0n) is 23.3. The van der Waals surface area contributed by atoms with Crippen LogP contribution < -0.4 is 0 Å². The molecule has 206 valence electrons. The molecule has 0 bridgehead atoms. The van der Waals surface area contributed by atoms with Crippen molar-refractivity contribution in [3.8, 4) is 11.1 Å². The van der Waals surface area contributed by atoms with E-state index >= 15 is 0 Å². The lowest BCUT2D eigenvalue weighted by molar-refractivity contribution is 0.0665. The van der Waals surface area contributed by atoms with E-state index in [-0.39, 0.29) is 5.91 Å². The molecular formula is C33H36BrN5O. The summed E-state index contributed by atoms with van der Waals surface area (Å²) in [7, 11) is 4.19. The molecule has 0 atom stereocenters. The fourth-order valence-electron chi connectivity index (χ4n) is 5.27. The summed E-state index contributed by atoms with van der Waals surface area (Å²) in [5.74, 6) is 0.0887. The van der Waals surface area contributed by atoms with Crippen LogP contribution in [-0.2, 0) is 13.0 Å². The molecule has 1 saturated heterocycles. The van der Waals surface area contributed by atoms with Gasteiger partial charge in [0.1, 0.15) is 0 Å². The Morgan fingerprint density at radius 2 is 1.70 bits per heavy atom. The van der Waals surface area contributed by atoms with E-state index < -0.39 is 0 Å². The van der Waals surface area contributed by atoms with Gasteiger partial charge >= 0.3 is 0 Å². The van der Waals surface area contributed by atoms with Gasteiger partial charge < -0.3 is 19.3 Å². The molecular weight excluding hydrogens is 562 g/mol. The van der Waals surface area contributed by atoms with Crippen molar-refractivity contribution < 1.29 is 4.79 Å². The van der Waals surface area contributed by atoms with Gasteiger partial charge in [-0.05, 0) is 54.2 Å². The molecule has 6 nitrogen and oxygen atoms in total. The molecule has 1 aromatic heterocycles. The highest BCUT2D eigenvalue weighted by atomic mass is 79.9. The Hall–Kier alpha value is -3.68. The maximum Gasteiger partial charge on any atom is 0.256 e. The summed E-state index contributed by atoms with van der Waals surface area (Å²) in [5, 5.41) is 2.31. The number of aromatic nitrogens is 1. The molecule has 3 aromatic carbocycles. The highest BCUT2D eigenvalue weighted by Gasteiger charge is 2.25. The quantitative estimate of drug-likeness (QED) is 0.217. The maximum absolute atomic E-state index is 13.9. The topological polar surface area (TPSA) is 44.1 Å². The predicted molar refractivity (Wildman–Crippen MR) is 169 cm³/mol. The number of carbonyl (C=O) groups excluding carboxylic acids is 1. The lowest BCUT2D eigenvalue weighted by Gasteiger charge is -2.32. The van der Waals surface area contributed by atoms with Crippen LogP contribution >= 0.6 is 15.9 Å². The van der Waals surface area contributed by atoms with Gasteiger partial charge in [0.25, 0.3) is 5.91 Å². The number of hydrogen-bond donors (Lipinski definition) is 0. The van der Waals surface area contributed by atoms with Gasteiger partial charge in [0.05, 0.1) is 17.8 Å². The third kappa shape index (κ3) is 6.37. The first-order chi connectivity index (χ1) is 19.4. The van der Waals surface area contributed by atoms with Gasteiger partial charge in [-0.2, -0.15) is 0 Å². The zero-order chi connectivity index (χ0) is 28.1. The number of amides is 1. The lowest BCUT2D eigenvalue weighted by atomic mass is 9.97. The van der Waals surface area contributed by atoms with Gasteiger partial charge in [-0.3, -0.25) is 9.79 Å². The van der Waals surface area contributed by atoms with Crippen molar-refractivity contribution >= 4 is 39.3 Å². The number of nitrogens with zero attached hydrogens (tertiary/aromatic N) is 5. The molecule has 7 heteroatoms. The Balaban J connectivity index is 1.45. The Bertz CT molecular complexity index is 1510. The number of allylic oxidation sites excluding steroid dienone is 1. The van der Waals surface area contributed by atoms with Crippen molar-refractivity contribution in [1.29, 1.82) is 0 Å². The van der Waals surface area contributed by atoms with Crippen LogP contribution in [0.25, 0.3) is 21.9 Å². The number of carbonyl (C=O) groups is 1. The SMILES string of the molecule is C=N/C=C(/Cn1cc(C(=O)N2CCN(C)CC2)c(-c2cccc3ccccc23)c1)N(C)CCc1ccc(Br)cc1. The third-order valence-electron chi connectivity index (χ3n) is 7.71. The molecule has 0 unspecified atom stereocenters. The van der Waals surface area contributed by atoms with Crippen LogP contribution in [0.4, 0.5) is 0 Å². The van der Waals surface area contributed by atoms with E-state index in [1.807, 2.05) is 17.3 Å². The molecule has 1 fully saturated rings. The molecule has 0 radical (unpaired) electrons. The number of likely N-dealkylation sites (N-methyl/N-ethyl adjacent to an activating group) is 2. The summed E-state index contributed by atoms with van der Waals surface area (Å²) in [6, 6.07) is 23.1. The number of hydrogen-bond acceptors (Lipinski definition) is 4. The average Bonchev–Trinajstić information content (AvgIpc) is 3.39. The Kier molecular flexibility index (Phi) is 8.82. The molecule has 4 aromatic rings. The van der Waals surface area contributed by atoms with Gasteiger partial charge in [0.15, 0.2) is 0 Å². The zero-order valence-corrected chi connectivity index (χ0v) is 24.8. The van der Waals surface area contributed by atoms with E-state index in [9.17, 15) is 4.79 Å². The van der Waals surface area contributed by atoms with E-state index in [2.05, 4.69) is 129 Å². The maximum atomic E-state index is 13.9. The van der Waals surface area contributed by atoms with Crippen molar-refractivity contribution in [2.24, 2.45) is 4.99 Å². The predicted octanol–water partition coefficient (Wildman–Crippen LogP) is 6.17. The largest absolute Gasteiger partial charge is 0.375 e. The van der Waals surface area contributed by atoms with Crippen LogP contribution in [0.15, 0.2) is 100 Å². The van der Waals surface area contributed by atoms with E-state index in [0.717, 1.165) is 76.8 Å².